The molecule has 0 fully saturated rings. The molecule has 0 saturated carbocycles. The Labute approximate surface area is 134 Å². The van der Waals surface area contributed by atoms with Gasteiger partial charge in [0.25, 0.3) is 0 Å². The highest BCUT2D eigenvalue weighted by molar-refractivity contribution is 9.10. The third-order valence-electron chi connectivity index (χ3n) is 2.96. The van der Waals surface area contributed by atoms with Gasteiger partial charge in [-0.25, -0.2) is 15.8 Å². The first-order valence-corrected chi connectivity index (χ1v) is 7.99. The maximum absolute atomic E-state index is 5.53. The minimum Gasteiger partial charge on any atom is -0.308 e. The number of thioether (sulfide) groups is 1. The van der Waals surface area contributed by atoms with E-state index in [-0.39, 0.29) is 0 Å². The molecule has 3 N–H and O–H groups in total. The van der Waals surface area contributed by atoms with E-state index in [1.807, 2.05) is 19.2 Å². The lowest BCUT2D eigenvalue weighted by molar-refractivity contribution is 0.782. The second-order valence-corrected chi connectivity index (χ2v) is 6.35. The first-order chi connectivity index (χ1) is 10.2. The van der Waals surface area contributed by atoms with E-state index >= 15 is 0 Å². The van der Waals surface area contributed by atoms with Gasteiger partial charge in [0.2, 0.25) is 0 Å². The number of nitrogens with zero attached hydrogens (tertiary/aromatic N) is 4. The number of hydrogen-bond donors (Lipinski definition) is 2. The Hall–Kier alpha value is -1.64. The topological polar surface area (TPSA) is 81.7 Å². The fraction of sp³-hybridized carbons (Fsp3) is 0.154. The molecule has 6 nitrogen and oxygen atoms in total. The predicted molar refractivity (Wildman–Crippen MR) is 87.8 cm³/mol. The Balaban J connectivity index is 1.86. The Bertz CT molecular complexity index is 770. The maximum atomic E-state index is 5.53. The molecule has 0 atom stereocenters. The van der Waals surface area contributed by atoms with Crippen molar-refractivity contribution in [1.82, 2.24) is 19.7 Å². The molecule has 0 aliphatic carbocycles. The van der Waals surface area contributed by atoms with Crippen LogP contribution < -0.4 is 11.3 Å². The van der Waals surface area contributed by atoms with Crippen molar-refractivity contribution in [3.05, 3.63) is 40.8 Å². The first kappa shape index (κ1) is 14.3. The lowest BCUT2D eigenvalue weighted by Gasteiger charge is -2.06. The predicted octanol–water partition coefficient (Wildman–Crippen LogP) is 2.70. The van der Waals surface area contributed by atoms with E-state index in [0.29, 0.717) is 17.4 Å². The van der Waals surface area contributed by atoms with Crippen molar-refractivity contribution < 1.29 is 0 Å². The summed E-state index contributed by atoms with van der Waals surface area (Å²) >= 11 is 5.10. The molecule has 108 valence electrons. The van der Waals surface area contributed by atoms with E-state index in [1.54, 1.807) is 22.6 Å². The van der Waals surface area contributed by atoms with E-state index in [0.717, 1.165) is 20.4 Å². The van der Waals surface area contributed by atoms with Crippen molar-refractivity contribution in [2.24, 2.45) is 12.9 Å². The molecule has 0 aliphatic rings. The van der Waals surface area contributed by atoms with Crippen molar-refractivity contribution in [1.29, 1.82) is 0 Å². The number of hydrazine groups is 1. The molecule has 3 rings (SSSR count). The van der Waals surface area contributed by atoms with Crippen LogP contribution in [-0.4, -0.2) is 19.7 Å². The zero-order chi connectivity index (χ0) is 14.8. The van der Waals surface area contributed by atoms with Crippen LogP contribution in [0.2, 0.25) is 0 Å². The maximum Gasteiger partial charge on any atom is 0.163 e. The van der Waals surface area contributed by atoms with Crippen LogP contribution in [0.5, 0.6) is 0 Å². The van der Waals surface area contributed by atoms with E-state index < -0.39 is 0 Å². The zero-order valence-electron chi connectivity index (χ0n) is 11.2. The van der Waals surface area contributed by atoms with Crippen LogP contribution in [0, 0.1) is 0 Å². The van der Waals surface area contributed by atoms with E-state index in [1.165, 1.54) is 0 Å². The summed E-state index contributed by atoms with van der Waals surface area (Å²) < 4.78 is 2.78. The summed E-state index contributed by atoms with van der Waals surface area (Å²) in [6.45, 7) is 0. The van der Waals surface area contributed by atoms with Crippen molar-refractivity contribution in [3.63, 3.8) is 0 Å². The Morgan fingerprint density at radius 2 is 2.05 bits per heavy atom. The number of nitrogens with two attached hydrogens (primary N) is 1. The number of nitrogen functional groups attached to an aromatic ring is 1. The number of rotatable bonds is 4. The van der Waals surface area contributed by atoms with Gasteiger partial charge in [-0.3, -0.25) is 4.68 Å². The minimum atomic E-state index is 0.597. The van der Waals surface area contributed by atoms with Crippen molar-refractivity contribution in [3.8, 4) is 0 Å². The summed E-state index contributed by atoms with van der Waals surface area (Å²) in [6, 6.07) is 8.14. The van der Waals surface area contributed by atoms with Crippen molar-refractivity contribution >= 4 is 44.5 Å². The van der Waals surface area contributed by atoms with Gasteiger partial charge in [-0.05, 0) is 24.3 Å². The minimum absolute atomic E-state index is 0.597. The number of fused-ring (bicyclic) bond motifs is 1. The summed E-state index contributed by atoms with van der Waals surface area (Å²) in [5.74, 6) is 7.50. The van der Waals surface area contributed by atoms with E-state index in [9.17, 15) is 0 Å². The van der Waals surface area contributed by atoms with Crippen LogP contribution in [0.3, 0.4) is 0 Å². The molecule has 0 spiro atoms. The van der Waals surface area contributed by atoms with E-state index in [4.69, 9.17) is 5.84 Å². The van der Waals surface area contributed by atoms with Gasteiger partial charge in [-0.2, -0.15) is 5.10 Å². The molecule has 1 aromatic carbocycles. The SMILES string of the molecule is Cn1ncc2c(NN)nc(CSc3ccc(Br)cc3)nc21. The van der Waals surface area contributed by atoms with Crippen LogP contribution >= 0.6 is 27.7 Å². The van der Waals surface area contributed by atoms with E-state index in [2.05, 4.69) is 48.6 Å². The summed E-state index contributed by atoms with van der Waals surface area (Å²) in [7, 11) is 1.85. The Kier molecular flexibility index (Phi) is 4.09. The summed E-state index contributed by atoms with van der Waals surface area (Å²) in [5.41, 5.74) is 3.38. The fourth-order valence-electron chi connectivity index (χ4n) is 1.92. The number of hydrogen-bond acceptors (Lipinski definition) is 6. The first-order valence-electron chi connectivity index (χ1n) is 6.21. The third kappa shape index (κ3) is 3.02. The van der Waals surface area contributed by atoms with Crippen LogP contribution in [0.4, 0.5) is 5.82 Å². The highest BCUT2D eigenvalue weighted by atomic mass is 79.9. The Morgan fingerprint density at radius 1 is 1.29 bits per heavy atom. The van der Waals surface area contributed by atoms with Gasteiger partial charge in [0.05, 0.1) is 17.3 Å². The highest BCUT2D eigenvalue weighted by Gasteiger charge is 2.11. The molecule has 0 radical (unpaired) electrons. The number of aromatic nitrogens is 4. The van der Waals surface area contributed by atoms with Gasteiger partial charge in [-0.1, -0.05) is 15.9 Å². The molecule has 2 heterocycles. The zero-order valence-corrected chi connectivity index (χ0v) is 13.6. The number of nitrogens with one attached hydrogen (secondary N) is 1. The molecule has 0 saturated heterocycles. The third-order valence-corrected chi connectivity index (χ3v) is 4.49. The number of aryl methyl sites for hydroxylation is 1. The van der Waals surface area contributed by atoms with Crippen LogP contribution in [0.25, 0.3) is 11.0 Å². The molecule has 0 aliphatic heterocycles. The quantitative estimate of drug-likeness (QED) is 0.420. The molecular formula is C13H13BrN6S. The summed E-state index contributed by atoms with van der Waals surface area (Å²) in [4.78, 5) is 10.1. The fourth-order valence-corrected chi connectivity index (χ4v) is 2.94. The van der Waals surface area contributed by atoms with Crippen LogP contribution in [0.1, 0.15) is 5.82 Å². The molecule has 8 heteroatoms. The lowest BCUT2D eigenvalue weighted by Crippen LogP contribution is -2.11. The van der Waals surface area contributed by atoms with Crippen molar-refractivity contribution in [2.75, 3.05) is 5.43 Å². The smallest absolute Gasteiger partial charge is 0.163 e. The normalized spacial score (nSPS) is 11.0. The van der Waals surface area contributed by atoms with Gasteiger partial charge in [0, 0.05) is 16.4 Å². The number of benzene rings is 1. The van der Waals surface area contributed by atoms with Crippen LogP contribution in [0.15, 0.2) is 39.8 Å². The molecule has 21 heavy (non-hydrogen) atoms. The molecular weight excluding hydrogens is 352 g/mol. The van der Waals surface area contributed by atoms with Crippen LogP contribution in [-0.2, 0) is 12.8 Å². The molecule has 0 unspecified atom stereocenters. The second kappa shape index (κ2) is 6.00. The summed E-state index contributed by atoms with van der Waals surface area (Å²) in [6.07, 6.45) is 1.70. The van der Waals surface area contributed by atoms with Gasteiger partial charge in [0.1, 0.15) is 5.82 Å². The second-order valence-electron chi connectivity index (χ2n) is 4.38. The number of anilines is 1. The van der Waals surface area contributed by atoms with Gasteiger partial charge >= 0.3 is 0 Å². The molecule has 3 aromatic rings. The van der Waals surface area contributed by atoms with Gasteiger partial charge < -0.3 is 5.43 Å². The monoisotopic (exact) mass is 364 g/mol. The Morgan fingerprint density at radius 3 is 2.76 bits per heavy atom. The molecule has 2 aromatic heterocycles. The highest BCUT2D eigenvalue weighted by Crippen LogP contribution is 2.25. The summed E-state index contributed by atoms with van der Waals surface area (Å²) in [5, 5.41) is 5.00. The standard InChI is InChI=1S/C13H13BrN6S/c1-20-13-10(6-16-20)12(19-15)17-11(18-13)7-21-9-4-2-8(14)3-5-9/h2-6H,7,15H2,1H3,(H,17,18,19). The van der Waals surface area contributed by atoms with Gasteiger partial charge in [-0.15, -0.1) is 11.8 Å². The average Bonchev–Trinajstić information content (AvgIpc) is 2.87. The van der Waals surface area contributed by atoms with Crippen molar-refractivity contribution in [2.45, 2.75) is 10.6 Å². The largest absolute Gasteiger partial charge is 0.308 e. The average molecular weight is 365 g/mol. The molecule has 0 amide bonds. The van der Waals surface area contributed by atoms with Gasteiger partial charge in [0.15, 0.2) is 11.5 Å². The number of halogens is 1. The lowest BCUT2D eigenvalue weighted by atomic mass is 10.4. The molecule has 0 bridgehead atoms.